The fourth-order valence-electron chi connectivity index (χ4n) is 2.56. The molecule has 2 aromatic carbocycles. The molecule has 0 radical (unpaired) electrons. The van der Waals surface area contributed by atoms with Crippen LogP contribution in [0.4, 0.5) is 11.4 Å². The molecular formula is C15H13N3. The lowest BCUT2D eigenvalue weighted by atomic mass is 10.1. The Bertz CT molecular complexity index is 646. The summed E-state index contributed by atoms with van der Waals surface area (Å²) < 4.78 is 0. The zero-order valence-electron chi connectivity index (χ0n) is 9.93. The van der Waals surface area contributed by atoms with E-state index in [1.54, 1.807) is 0 Å². The van der Waals surface area contributed by atoms with Crippen LogP contribution in [0.25, 0.3) is 0 Å². The van der Waals surface area contributed by atoms with E-state index >= 15 is 0 Å². The van der Waals surface area contributed by atoms with Crippen molar-refractivity contribution in [1.82, 2.24) is 4.90 Å². The summed E-state index contributed by atoms with van der Waals surface area (Å²) in [6.07, 6.45) is 0. The topological polar surface area (TPSA) is 27.6 Å². The average Bonchev–Trinajstić information content (AvgIpc) is 2.42. The van der Waals surface area contributed by atoms with Crippen LogP contribution < -0.4 is 5.32 Å². The first kappa shape index (κ1) is 9.71. The maximum absolute atomic E-state index is 4.70. The molecule has 0 saturated heterocycles. The van der Waals surface area contributed by atoms with Gasteiger partial charge in [0.2, 0.25) is 5.96 Å². The number of anilines is 1. The summed E-state index contributed by atoms with van der Waals surface area (Å²) in [5, 5.41) is 3.42. The van der Waals surface area contributed by atoms with E-state index in [-0.39, 0.29) is 0 Å². The van der Waals surface area contributed by atoms with Crippen molar-refractivity contribution in [3.05, 3.63) is 59.7 Å². The molecule has 2 aliphatic rings. The highest BCUT2D eigenvalue weighted by molar-refractivity contribution is 5.98. The lowest BCUT2D eigenvalue weighted by molar-refractivity contribution is 0.394. The van der Waals surface area contributed by atoms with Gasteiger partial charge in [0.05, 0.1) is 5.69 Å². The van der Waals surface area contributed by atoms with Crippen molar-refractivity contribution in [2.75, 3.05) is 5.32 Å². The second-order valence-electron chi connectivity index (χ2n) is 4.70. The zero-order chi connectivity index (χ0) is 11.9. The molecule has 0 spiro atoms. The Balaban J connectivity index is 1.80. The number of nitrogens with zero attached hydrogens (tertiary/aromatic N) is 2. The number of aliphatic imine (C=N–C) groups is 1. The van der Waals surface area contributed by atoms with Gasteiger partial charge in [-0.25, -0.2) is 4.99 Å². The van der Waals surface area contributed by atoms with E-state index in [0.29, 0.717) is 0 Å². The average molecular weight is 235 g/mol. The number of rotatable bonds is 0. The van der Waals surface area contributed by atoms with Gasteiger partial charge in [-0.2, -0.15) is 0 Å². The van der Waals surface area contributed by atoms with Gasteiger partial charge in [-0.05, 0) is 23.3 Å². The van der Waals surface area contributed by atoms with Crippen molar-refractivity contribution in [1.29, 1.82) is 0 Å². The Labute approximate surface area is 106 Å². The van der Waals surface area contributed by atoms with Crippen LogP contribution >= 0.6 is 0 Å². The monoisotopic (exact) mass is 235 g/mol. The van der Waals surface area contributed by atoms with Crippen molar-refractivity contribution in [2.45, 2.75) is 13.1 Å². The van der Waals surface area contributed by atoms with E-state index < -0.39 is 0 Å². The Hall–Kier alpha value is -2.29. The number of hydrogen-bond donors (Lipinski definition) is 1. The minimum Gasteiger partial charge on any atom is -0.334 e. The summed E-state index contributed by atoms with van der Waals surface area (Å²) in [6, 6.07) is 16.7. The maximum Gasteiger partial charge on any atom is 0.204 e. The predicted octanol–water partition coefficient (Wildman–Crippen LogP) is 3.12. The summed E-state index contributed by atoms with van der Waals surface area (Å²) in [4.78, 5) is 6.98. The molecule has 0 aromatic heterocycles. The van der Waals surface area contributed by atoms with Crippen molar-refractivity contribution in [3.63, 3.8) is 0 Å². The first-order chi connectivity index (χ1) is 8.90. The van der Waals surface area contributed by atoms with Gasteiger partial charge < -0.3 is 10.2 Å². The second kappa shape index (κ2) is 3.60. The molecule has 0 saturated carbocycles. The van der Waals surface area contributed by atoms with Crippen molar-refractivity contribution < 1.29 is 0 Å². The molecule has 0 unspecified atom stereocenters. The van der Waals surface area contributed by atoms with Gasteiger partial charge >= 0.3 is 0 Å². The molecule has 4 rings (SSSR count). The molecule has 2 heterocycles. The van der Waals surface area contributed by atoms with Gasteiger partial charge in [-0.1, -0.05) is 36.4 Å². The predicted molar refractivity (Wildman–Crippen MR) is 72.8 cm³/mol. The highest BCUT2D eigenvalue weighted by Gasteiger charge is 2.24. The lowest BCUT2D eigenvalue weighted by Gasteiger charge is -2.35. The fourth-order valence-corrected chi connectivity index (χ4v) is 2.56. The molecule has 0 aliphatic carbocycles. The molecule has 0 atom stereocenters. The summed E-state index contributed by atoms with van der Waals surface area (Å²) in [6.45, 7) is 1.85. The molecule has 18 heavy (non-hydrogen) atoms. The number of guanidine groups is 1. The molecule has 2 aliphatic heterocycles. The van der Waals surface area contributed by atoms with Gasteiger partial charge in [0, 0.05) is 18.8 Å². The van der Waals surface area contributed by atoms with Gasteiger partial charge in [0.15, 0.2) is 0 Å². The van der Waals surface area contributed by atoms with Crippen LogP contribution in [0.2, 0.25) is 0 Å². The third kappa shape index (κ3) is 1.40. The first-order valence-electron chi connectivity index (χ1n) is 6.17. The maximum atomic E-state index is 4.70. The van der Waals surface area contributed by atoms with E-state index in [9.17, 15) is 0 Å². The number of hydrogen-bond acceptors (Lipinski definition) is 3. The van der Waals surface area contributed by atoms with Crippen molar-refractivity contribution in [2.24, 2.45) is 4.99 Å². The lowest BCUT2D eigenvalue weighted by Crippen LogP contribution is -2.40. The van der Waals surface area contributed by atoms with Crippen LogP contribution in [0.5, 0.6) is 0 Å². The molecule has 0 fully saturated rings. The van der Waals surface area contributed by atoms with Gasteiger partial charge in [-0.15, -0.1) is 0 Å². The van der Waals surface area contributed by atoms with E-state index in [4.69, 9.17) is 4.99 Å². The fraction of sp³-hybridized carbons (Fsp3) is 0.133. The van der Waals surface area contributed by atoms with Crippen LogP contribution in [-0.2, 0) is 13.1 Å². The normalized spacial score (nSPS) is 16.0. The summed E-state index contributed by atoms with van der Waals surface area (Å²) in [7, 11) is 0. The zero-order valence-corrected chi connectivity index (χ0v) is 9.93. The summed E-state index contributed by atoms with van der Waals surface area (Å²) in [5.74, 6) is 0.965. The molecule has 1 N–H and O–H groups in total. The number of fused-ring (bicyclic) bond motifs is 3. The van der Waals surface area contributed by atoms with Crippen molar-refractivity contribution in [3.8, 4) is 0 Å². The minimum atomic E-state index is 0.927. The third-order valence-corrected chi connectivity index (χ3v) is 3.50. The number of nitrogens with one attached hydrogen (secondary N) is 1. The molecule has 0 amide bonds. The highest BCUT2D eigenvalue weighted by atomic mass is 15.3. The summed E-state index contributed by atoms with van der Waals surface area (Å²) >= 11 is 0. The van der Waals surface area contributed by atoms with E-state index in [1.165, 1.54) is 16.8 Å². The van der Waals surface area contributed by atoms with Crippen LogP contribution in [0.3, 0.4) is 0 Å². The van der Waals surface area contributed by atoms with Gasteiger partial charge in [0.25, 0.3) is 0 Å². The standard InChI is InChI=1S/C15H13N3/c1-3-7-13-11(5-1)9-18-10-12-6-2-4-8-14(12)17-15(18)16-13/h1-8H,9-10H2,(H,16,17). The molecule has 3 nitrogen and oxygen atoms in total. The van der Waals surface area contributed by atoms with Gasteiger partial charge in [0.1, 0.15) is 0 Å². The molecule has 0 bridgehead atoms. The Kier molecular flexibility index (Phi) is 1.94. The largest absolute Gasteiger partial charge is 0.334 e. The quantitative estimate of drug-likeness (QED) is 0.759. The Morgan fingerprint density at radius 3 is 2.56 bits per heavy atom. The van der Waals surface area contributed by atoms with Crippen molar-refractivity contribution >= 4 is 17.3 Å². The van der Waals surface area contributed by atoms with E-state index in [2.05, 4.69) is 52.7 Å². The van der Waals surface area contributed by atoms with Gasteiger partial charge in [-0.3, -0.25) is 0 Å². The Morgan fingerprint density at radius 2 is 1.61 bits per heavy atom. The SMILES string of the molecule is c1ccc2c(c1)CN1Cc3ccccc3NC1=N2. The third-order valence-electron chi connectivity index (χ3n) is 3.50. The smallest absolute Gasteiger partial charge is 0.204 e. The minimum absolute atomic E-state index is 0.927. The van der Waals surface area contributed by atoms with E-state index in [0.717, 1.165) is 24.7 Å². The van der Waals surface area contributed by atoms with Crippen LogP contribution in [0, 0.1) is 0 Å². The first-order valence-corrected chi connectivity index (χ1v) is 6.17. The molecule has 88 valence electrons. The molecule has 3 heteroatoms. The molecular weight excluding hydrogens is 222 g/mol. The molecule has 2 aromatic rings. The Morgan fingerprint density at radius 1 is 0.889 bits per heavy atom. The number of benzene rings is 2. The number of para-hydroxylation sites is 2. The second-order valence-corrected chi connectivity index (χ2v) is 4.70. The van der Waals surface area contributed by atoms with E-state index in [1.807, 2.05) is 6.07 Å². The highest BCUT2D eigenvalue weighted by Crippen LogP contribution is 2.31. The van der Waals surface area contributed by atoms with Crippen LogP contribution in [0.15, 0.2) is 53.5 Å². The summed E-state index contributed by atoms with van der Waals surface area (Å²) in [5.41, 5.74) is 4.88. The van der Waals surface area contributed by atoms with Crippen LogP contribution in [0.1, 0.15) is 11.1 Å². The van der Waals surface area contributed by atoms with Crippen LogP contribution in [-0.4, -0.2) is 10.9 Å².